The van der Waals surface area contributed by atoms with Crippen LogP contribution in [0.4, 0.5) is 0 Å². The predicted octanol–water partition coefficient (Wildman–Crippen LogP) is 1.68. The monoisotopic (exact) mass is 300 g/mol. The van der Waals surface area contributed by atoms with E-state index in [1.165, 1.54) is 5.56 Å². The number of carbonyl (C=O) groups is 1. The topological polar surface area (TPSA) is 66.6 Å². The lowest BCUT2D eigenvalue weighted by Gasteiger charge is -2.18. The van der Waals surface area contributed by atoms with Crippen molar-refractivity contribution in [3.05, 3.63) is 34.3 Å². The van der Waals surface area contributed by atoms with Gasteiger partial charge in [0.2, 0.25) is 0 Å². The molecular weight excluding hydrogens is 284 g/mol. The molecule has 94 valence electrons. The van der Waals surface area contributed by atoms with E-state index in [0.717, 1.165) is 11.0 Å². The third kappa shape index (κ3) is 5.30. The lowest BCUT2D eigenvalue weighted by molar-refractivity contribution is -0.138. The summed E-state index contributed by atoms with van der Waals surface area (Å²) in [5.41, 5.74) is 6.63. The van der Waals surface area contributed by atoms with Crippen LogP contribution in [-0.2, 0) is 11.3 Å². The standard InChI is InChI=1S/C12H17BrN2O2/c1-15(6-5-11(14)12(16)17)8-9-3-2-4-10(13)7-9/h2-4,7,11H,5-6,8,14H2,1H3,(H,16,17). The Morgan fingerprint density at radius 3 is 2.88 bits per heavy atom. The van der Waals surface area contributed by atoms with Crippen LogP contribution in [0.1, 0.15) is 12.0 Å². The minimum atomic E-state index is -0.944. The highest BCUT2D eigenvalue weighted by atomic mass is 79.9. The fourth-order valence-electron chi connectivity index (χ4n) is 1.51. The molecule has 0 spiro atoms. The van der Waals surface area contributed by atoms with Crippen molar-refractivity contribution in [3.63, 3.8) is 0 Å². The quantitative estimate of drug-likeness (QED) is 0.839. The van der Waals surface area contributed by atoms with Crippen LogP contribution >= 0.6 is 15.9 Å². The van der Waals surface area contributed by atoms with E-state index in [0.29, 0.717) is 13.0 Å². The van der Waals surface area contributed by atoms with Crippen molar-refractivity contribution in [2.45, 2.75) is 19.0 Å². The Kier molecular flexibility index (Phi) is 5.61. The molecule has 1 rings (SSSR count). The Labute approximate surface area is 110 Å². The van der Waals surface area contributed by atoms with Gasteiger partial charge in [-0.25, -0.2) is 0 Å². The molecule has 0 aliphatic heterocycles. The molecule has 0 bridgehead atoms. The molecule has 0 saturated heterocycles. The summed E-state index contributed by atoms with van der Waals surface area (Å²) in [7, 11) is 1.95. The van der Waals surface area contributed by atoms with Gasteiger partial charge in [0.05, 0.1) is 0 Å². The Morgan fingerprint density at radius 1 is 1.59 bits per heavy atom. The number of hydrogen-bond acceptors (Lipinski definition) is 3. The predicted molar refractivity (Wildman–Crippen MR) is 70.7 cm³/mol. The van der Waals surface area contributed by atoms with Gasteiger partial charge in [-0.2, -0.15) is 0 Å². The van der Waals surface area contributed by atoms with Crippen LogP contribution in [0.2, 0.25) is 0 Å². The van der Waals surface area contributed by atoms with Crippen molar-refractivity contribution in [2.75, 3.05) is 13.6 Å². The van der Waals surface area contributed by atoms with E-state index in [-0.39, 0.29) is 0 Å². The van der Waals surface area contributed by atoms with Gasteiger partial charge in [0.15, 0.2) is 0 Å². The van der Waals surface area contributed by atoms with Gasteiger partial charge >= 0.3 is 5.97 Å². The van der Waals surface area contributed by atoms with Crippen molar-refractivity contribution in [2.24, 2.45) is 5.73 Å². The second kappa shape index (κ2) is 6.74. The van der Waals surface area contributed by atoms with E-state index in [9.17, 15) is 4.79 Å². The number of carboxylic acids is 1. The first-order valence-corrected chi connectivity index (χ1v) is 6.19. The summed E-state index contributed by atoms with van der Waals surface area (Å²) in [6.07, 6.45) is 0.458. The number of halogens is 1. The third-order valence-electron chi connectivity index (χ3n) is 2.48. The molecule has 0 saturated carbocycles. The fourth-order valence-corrected chi connectivity index (χ4v) is 1.96. The largest absolute Gasteiger partial charge is 0.480 e. The number of hydrogen-bond donors (Lipinski definition) is 2. The molecule has 17 heavy (non-hydrogen) atoms. The molecule has 1 atom stereocenters. The summed E-state index contributed by atoms with van der Waals surface area (Å²) in [5, 5.41) is 8.67. The molecule has 1 unspecified atom stereocenters. The lowest BCUT2D eigenvalue weighted by atomic mass is 10.2. The summed E-state index contributed by atoms with van der Waals surface area (Å²) in [4.78, 5) is 12.6. The molecule has 5 heteroatoms. The molecule has 4 nitrogen and oxygen atoms in total. The highest BCUT2D eigenvalue weighted by Gasteiger charge is 2.12. The number of rotatable bonds is 6. The SMILES string of the molecule is CN(CCC(N)C(=O)O)Cc1cccc(Br)c1. The van der Waals surface area contributed by atoms with Gasteiger partial charge in [0, 0.05) is 17.6 Å². The number of carboxylic acid groups (broad SMARTS) is 1. The molecule has 0 aliphatic rings. The minimum Gasteiger partial charge on any atom is -0.480 e. The van der Waals surface area contributed by atoms with E-state index >= 15 is 0 Å². The summed E-state index contributed by atoms with van der Waals surface area (Å²) in [5.74, 6) is -0.944. The molecule has 0 aliphatic carbocycles. The van der Waals surface area contributed by atoms with E-state index in [1.54, 1.807) is 0 Å². The Balaban J connectivity index is 2.39. The highest BCUT2D eigenvalue weighted by molar-refractivity contribution is 9.10. The molecule has 3 N–H and O–H groups in total. The first-order chi connectivity index (χ1) is 7.99. The second-order valence-electron chi connectivity index (χ2n) is 4.10. The van der Waals surface area contributed by atoms with Gasteiger partial charge in [-0.05, 0) is 31.2 Å². The second-order valence-corrected chi connectivity index (χ2v) is 5.02. The van der Waals surface area contributed by atoms with Crippen LogP contribution < -0.4 is 5.73 Å². The Hall–Kier alpha value is -0.910. The van der Waals surface area contributed by atoms with Crippen LogP contribution in [0.3, 0.4) is 0 Å². The molecule has 1 aromatic carbocycles. The molecule has 0 aromatic heterocycles. The number of benzene rings is 1. The van der Waals surface area contributed by atoms with Crippen molar-refractivity contribution in [3.8, 4) is 0 Å². The van der Waals surface area contributed by atoms with Gasteiger partial charge in [0.1, 0.15) is 6.04 Å². The number of aliphatic carboxylic acids is 1. The maximum absolute atomic E-state index is 10.6. The lowest BCUT2D eigenvalue weighted by Crippen LogP contribution is -2.34. The van der Waals surface area contributed by atoms with Crippen molar-refractivity contribution in [1.29, 1.82) is 0 Å². The van der Waals surface area contributed by atoms with Crippen LogP contribution in [0.15, 0.2) is 28.7 Å². The zero-order chi connectivity index (χ0) is 12.8. The van der Waals surface area contributed by atoms with E-state index in [1.807, 2.05) is 31.3 Å². The average Bonchev–Trinajstić information content (AvgIpc) is 2.25. The van der Waals surface area contributed by atoms with Crippen LogP contribution in [0.5, 0.6) is 0 Å². The Bertz CT molecular complexity index is 385. The van der Waals surface area contributed by atoms with Crippen molar-refractivity contribution < 1.29 is 9.90 Å². The Morgan fingerprint density at radius 2 is 2.29 bits per heavy atom. The third-order valence-corrected chi connectivity index (χ3v) is 2.97. The first kappa shape index (κ1) is 14.2. The fraction of sp³-hybridized carbons (Fsp3) is 0.417. The number of nitrogens with two attached hydrogens (primary N) is 1. The van der Waals surface area contributed by atoms with Gasteiger partial charge in [-0.3, -0.25) is 4.79 Å². The smallest absolute Gasteiger partial charge is 0.320 e. The first-order valence-electron chi connectivity index (χ1n) is 5.40. The van der Waals surface area contributed by atoms with Crippen molar-refractivity contribution in [1.82, 2.24) is 4.90 Å². The maximum Gasteiger partial charge on any atom is 0.320 e. The average molecular weight is 301 g/mol. The summed E-state index contributed by atoms with van der Waals surface area (Å²) < 4.78 is 1.05. The van der Waals surface area contributed by atoms with Gasteiger partial charge in [-0.15, -0.1) is 0 Å². The van der Waals surface area contributed by atoms with Gasteiger partial charge < -0.3 is 15.7 Å². The van der Waals surface area contributed by atoms with Crippen LogP contribution in [-0.4, -0.2) is 35.6 Å². The molecule has 0 amide bonds. The summed E-state index contributed by atoms with van der Waals surface area (Å²) >= 11 is 3.42. The van der Waals surface area contributed by atoms with Crippen LogP contribution in [0, 0.1) is 0 Å². The van der Waals surface area contributed by atoms with Crippen LogP contribution in [0.25, 0.3) is 0 Å². The van der Waals surface area contributed by atoms with Gasteiger partial charge in [-0.1, -0.05) is 28.1 Å². The molecule has 1 aromatic rings. The zero-order valence-corrected chi connectivity index (χ0v) is 11.4. The normalized spacial score (nSPS) is 12.7. The molecule has 0 heterocycles. The molecular formula is C12H17BrN2O2. The highest BCUT2D eigenvalue weighted by Crippen LogP contribution is 2.13. The maximum atomic E-state index is 10.6. The van der Waals surface area contributed by atoms with E-state index in [2.05, 4.69) is 20.8 Å². The minimum absolute atomic E-state index is 0.458. The summed E-state index contributed by atoms with van der Waals surface area (Å²) in [6, 6.07) is 7.27. The molecule has 0 radical (unpaired) electrons. The van der Waals surface area contributed by atoms with E-state index in [4.69, 9.17) is 10.8 Å². The number of nitrogens with zero attached hydrogens (tertiary/aromatic N) is 1. The zero-order valence-electron chi connectivity index (χ0n) is 9.77. The van der Waals surface area contributed by atoms with Gasteiger partial charge in [0.25, 0.3) is 0 Å². The molecule has 0 fully saturated rings. The summed E-state index contributed by atoms with van der Waals surface area (Å²) in [6.45, 7) is 1.45. The van der Waals surface area contributed by atoms with E-state index < -0.39 is 12.0 Å². The van der Waals surface area contributed by atoms with Crippen molar-refractivity contribution >= 4 is 21.9 Å².